The summed E-state index contributed by atoms with van der Waals surface area (Å²) in [5.41, 5.74) is 1.74. The van der Waals surface area contributed by atoms with Crippen LogP contribution in [0.5, 0.6) is 17.2 Å². The molecule has 27 heavy (non-hydrogen) atoms. The molecule has 0 bridgehead atoms. The first-order chi connectivity index (χ1) is 13.1. The van der Waals surface area contributed by atoms with Gasteiger partial charge < -0.3 is 19.1 Å². The van der Waals surface area contributed by atoms with E-state index in [-0.39, 0.29) is 5.78 Å². The molecule has 3 rings (SSSR count). The average Bonchev–Trinajstić information content (AvgIpc) is 2.73. The van der Waals surface area contributed by atoms with Gasteiger partial charge in [-0.15, -0.1) is 0 Å². The molecule has 1 fully saturated rings. The first-order valence-corrected chi connectivity index (χ1v) is 9.01. The lowest BCUT2D eigenvalue weighted by Crippen LogP contribution is -2.48. The van der Waals surface area contributed by atoms with Crippen LogP contribution in [0.3, 0.4) is 0 Å². The lowest BCUT2D eigenvalue weighted by atomic mass is 10.1. The summed E-state index contributed by atoms with van der Waals surface area (Å²) in [7, 11) is 4.84. The van der Waals surface area contributed by atoms with Crippen molar-refractivity contribution < 1.29 is 19.0 Å². The third-order valence-electron chi connectivity index (χ3n) is 4.88. The van der Waals surface area contributed by atoms with Crippen molar-refractivity contribution in [2.75, 3.05) is 59.0 Å². The average molecular weight is 370 g/mol. The predicted molar refractivity (Wildman–Crippen MR) is 106 cm³/mol. The number of nitrogens with zero attached hydrogens (tertiary/aromatic N) is 2. The predicted octanol–water partition coefficient (Wildman–Crippen LogP) is 2.72. The topological polar surface area (TPSA) is 51.2 Å². The molecular formula is C21H26N2O4. The molecule has 1 heterocycles. The van der Waals surface area contributed by atoms with E-state index >= 15 is 0 Å². The summed E-state index contributed by atoms with van der Waals surface area (Å²) in [5.74, 6) is 2.14. The van der Waals surface area contributed by atoms with Gasteiger partial charge in [0.2, 0.25) is 0 Å². The normalized spacial score (nSPS) is 14.7. The van der Waals surface area contributed by atoms with Gasteiger partial charge in [-0.2, -0.15) is 0 Å². The molecule has 0 spiro atoms. The summed E-state index contributed by atoms with van der Waals surface area (Å²) in [6, 6.07) is 13.4. The number of carbonyl (C=O) groups is 1. The molecule has 0 radical (unpaired) electrons. The van der Waals surface area contributed by atoms with E-state index in [0.29, 0.717) is 23.6 Å². The number of piperazine rings is 1. The summed E-state index contributed by atoms with van der Waals surface area (Å²) in [6.07, 6.45) is 0. The van der Waals surface area contributed by atoms with Crippen LogP contribution < -0.4 is 19.1 Å². The van der Waals surface area contributed by atoms with Crippen molar-refractivity contribution in [2.45, 2.75) is 0 Å². The highest BCUT2D eigenvalue weighted by molar-refractivity contribution is 6.00. The van der Waals surface area contributed by atoms with Crippen LogP contribution in [-0.2, 0) is 0 Å². The Kier molecular flexibility index (Phi) is 6.19. The lowest BCUT2D eigenvalue weighted by Gasteiger charge is -2.35. The smallest absolute Gasteiger partial charge is 0.180 e. The molecule has 6 heteroatoms. The van der Waals surface area contributed by atoms with E-state index in [1.807, 2.05) is 12.1 Å². The molecule has 1 aliphatic heterocycles. The van der Waals surface area contributed by atoms with Gasteiger partial charge in [0.1, 0.15) is 17.2 Å². The maximum absolute atomic E-state index is 12.8. The number of rotatable bonds is 7. The highest BCUT2D eigenvalue weighted by atomic mass is 16.5. The standard InChI is InChI=1S/C21H26N2O4/c1-25-17-6-4-16(5-7-17)23-12-10-22(11-13-23)15-20(24)19-14-18(26-2)8-9-21(19)27-3/h4-9,14H,10-13,15H2,1-3H3. The molecule has 2 aromatic carbocycles. The fourth-order valence-corrected chi connectivity index (χ4v) is 3.28. The van der Waals surface area contributed by atoms with Crippen molar-refractivity contribution in [2.24, 2.45) is 0 Å². The van der Waals surface area contributed by atoms with Crippen molar-refractivity contribution in [3.63, 3.8) is 0 Å². The Morgan fingerprint density at radius 2 is 1.48 bits per heavy atom. The zero-order valence-electron chi connectivity index (χ0n) is 16.1. The number of Topliss-reactive ketones (excluding diaryl/α,β-unsaturated/α-hetero) is 1. The van der Waals surface area contributed by atoms with Crippen LogP contribution in [0, 0.1) is 0 Å². The van der Waals surface area contributed by atoms with Crippen LogP contribution in [0.1, 0.15) is 10.4 Å². The SMILES string of the molecule is COc1ccc(N2CCN(CC(=O)c3cc(OC)ccc3OC)CC2)cc1. The van der Waals surface area contributed by atoms with E-state index in [0.717, 1.165) is 31.9 Å². The minimum absolute atomic E-state index is 0.0450. The molecule has 6 nitrogen and oxygen atoms in total. The summed E-state index contributed by atoms with van der Waals surface area (Å²) in [4.78, 5) is 17.3. The van der Waals surface area contributed by atoms with Gasteiger partial charge >= 0.3 is 0 Å². The van der Waals surface area contributed by atoms with Gasteiger partial charge in [-0.1, -0.05) is 0 Å². The number of methoxy groups -OCH3 is 3. The fraction of sp³-hybridized carbons (Fsp3) is 0.381. The molecule has 144 valence electrons. The Bertz CT molecular complexity index is 768. The van der Waals surface area contributed by atoms with E-state index in [2.05, 4.69) is 21.9 Å². The van der Waals surface area contributed by atoms with E-state index < -0.39 is 0 Å². The largest absolute Gasteiger partial charge is 0.497 e. The van der Waals surface area contributed by atoms with E-state index in [4.69, 9.17) is 14.2 Å². The van der Waals surface area contributed by atoms with Gasteiger partial charge in [0.15, 0.2) is 5.78 Å². The maximum Gasteiger partial charge on any atom is 0.180 e. The Labute approximate surface area is 160 Å². The summed E-state index contributed by atoms with van der Waals surface area (Å²) < 4.78 is 15.8. The fourth-order valence-electron chi connectivity index (χ4n) is 3.28. The number of hydrogen-bond donors (Lipinski definition) is 0. The highest BCUT2D eigenvalue weighted by Gasteiger charge is 2.22. The first-order valence-electron chi connectivity index (χ1n) is 9.01. The van der Waals surface area contributed by atoms with E-state index in [1.54, 1.807) is 39.5 Å². The Morgan fingerprint density at radius 3 is 2.07 bits per heavy atom. The molecule has 0 aromatic heterocycles. The van der Waals surface area contributed by atoms with Crippen molar-refractivity contribution >= 4 is 11.5 Å². The van der Waals surface area contributed by atoms with Gasteiger partial charge in [-0.05, 0) is 42.5 Å². The lowest BCUT2D eigenvalue weighted by molar-refractivity contribution is 0.0923. The van der Waals surface area contributed by atoms with Crippen molar-refractivity contribution in [3.8, 4) is 17.2 Å². The molecule has 0 saturated carbocycles. The molecular weight excluding hydrogens is 344 g/mol. The van der Waals surface area contributed by atoms with Crippen molar-refractivity contribution in [1.29, 1.82) is 0 Å². The van der Waals surface area contributed by atoms with Gasteiger partial charge in [0.25, 0.3) is 0 Å². The summed E-state index contributed by atoms with van der Waals surface area (Å²) >= 11 is 0. The van der Waals surface area contributed by atoms with Gasteiger partial charge in [-0.25, -0.2) is 0 Å². The maximum atomic E-state index is 12.8. The van der Waals surface area contributed by atoms with Crippen LogP contribution in [0.15, 0.2) is 42.5 Å². The van der Waals surface area contributed by atoms with Crippen LogP contribution in [0.4, 0.5) is 5.69 Å². The number of carbonyl (C=O) groups excluding carboxylic acids is 1. The second kappa shape index (κ2) is 8.77. The number of hydrogen-bond acceptors (Lipinski definition) is 6. The first kappa shape index (κ1) is 19.0. The Hall–Kier alpha value is -2.73. The molecule has 0 unspecified atom stereocenters. The number of ether oxygens (including phenoxy) is 3. The van der Waals surface area contributed by atoms with Crippen LogP contribution in [-0.4, -0.2) is 64.7 Å². The molecule has 0 N–H and O–H groups in total. The third kappa shape index (κ3) is 4.52. The van der Waals surface area contributed by atoms with E-state index in [1.165, 1.54) is 5.69 Å². The van der Waals surface area contributed by atoms with Crippen LogP contribution >= 0.6 is 0 Å². The molecule has 0 amide bonds. The minimum Gasteiger partial charge on any atom is -0.497 e. The Balaban J connectivity index is 1.59. The zero-order chi connectivity index (χ0) is 19.2. The van der Waals surface area contributed by atoms with Crippen LogP contribution in [0.25, 0.3) is 0 Å². The molecule has 0 atom stereocenters. The van der Waals surface area contributed by atoms with Gasteiger partial charge in [-0.3, -0.25) is 9.69 Å². The molecule has 1 aliphatic rings. The summed E-state index contributed by atoms with van der Waals surface area (Å²) in [5, 5.41) is 0. The third-order valence-corrected chi connectivity index (χ3v) is 4.88. The highest BCUT2D eigenvalue weighted by Crippen LogP contribution is 2.25. The second-order valence-electron chi connectivity index (χ2n) is 6.45. The quantitative estimate of drug-likeness (QED) is 0.699. The van der Waals surface area contributed by atoms with Crippen molar-refractivity contribution in [3.05, 3.63) is 48.0 Å². The number of anilines is 1. The van der Waals surface area contributed by atoms with Crippen molar-refractivity contribution in [1.82, 2.24) is 4.90 Å². The van der Waals surface area contributed by atoms with Gasteiger partial charge in [0.05, 0.1) is 33.4 Å². The monoisotopic (exact) mass is 370 g/mol. The number of ketones is 1. The van der Waals surface area contributed by atoms with E-state index in [9.17, 15) is 4.79 Å². The summed E-state index contributed by atoms with van der Waals surface area (Å²) in [6.45, 7) is 3.82. The molecule has 1 saturated heterocycles. The molecule has 0 aliphatic carbocycles. The van der Waals surface area contributed by atoms with Gasteiger partial charge in [0, 0.05) is 31.9 Å². The molecule has 2 aromatic rings. The number of benzene rings is 2. The zero-order valence-corrected chi connectivity index (χ0v) is 16.1. The minimum atomic E-state index is 0.0450. The Morgan fingerprint density at radius 1 is 0.852 bits per heavy atom. The second-order valence-corrected chi connectivity index (χ2v) is 6.45. The van der Waals surface area contributed by atoms with Crippen LogP contribution in [0.2, 0.25) is 0 Å².